The lowest BCUT2D eigenvalue weighted by atomic mass is 9.68. The minimum absolute atomic E-state index is 0.0100. The molecule has 2 bridgehead atoms. The van der Waals surface area contributed by atoms with Crippen molar-refractivity contribution < 1.29 is 0 Å². The molecule has 0 saturated heterocycles. The summed E-state index contributed by atoms with van der Waals surface area (Å²) < 4.78 is 0. The summed E-state index contributed by atoms with van der Waals surface area (Å²) in [5.41, 5.74) is 9.59. The van der Waals surface area contributed by atoms with E-state index in [9.17, 15) is 0 Å². The van der Waals surface area contributed by atoms with Gasteiger partial charge in [-0.25, -0.2) is 0 Å². The molecule has 3 aliphatic carbocycles. The van der Waals surface area contributed by atoms with E-state index in [0.29, 0.717) is 0 Å². The quantitative estimate of drug-likeness (QED) is 0.798. The third-order valence-corrected chi connectivity index (χ3v) is 6.15. The lowest BCUT2D eigenvalue weighted by Gasteiger charge is -2.40. The minimum atomic E-state index is -0.0100. The molecule has 4 rings (SSSR count). The van der Waals surface area contributed by atoms with Gasteiger partial charge in [-0.1, -0.05) is 36.2 Å². The van der Waals surface area contributed by atoms with Crippen molar-refractivity contribution in [3.05, 3.63) is 35.4 Å². The Labute approximate surface area is 110 Å². The zero-order chi connectivity index (χ0) is 12.3. The Hall–Kier alpha value is -0.820. The lowest BCUT2D eigenvalue weighted by molar-refractivity contribution is 0.157. The van der Waals surface area contributed by atoms with Crippen molar-refractivity contribution in [1.82, 2.24) is 0 Å². The van der Waals surface area contributed by atoms with Gasteiger partial charge >= 0.3 is 0 Å². The molecule has 3 aliphatic rings. The van der Waals surface area contributed by atoms with Gasteiger partial charge in [-0.05, 0) is 61.8 Å². The molecule has 1 heteroatoms. The first-order valence-electron chi connectivity index (χ1n) is 7.54. The van der Waals surface area contributed by atoms with E-state index in [-0.39, 0.29) is 5.54 Å². The molecule has 3 saturated carbocycles. The number of fused-ring (bicyclic) bond motifs is 5. The van der Waals surface area contributed by atoms with Crippen LogP contribution < -0.4 is 5.73 Å². The van der Waals surface area contributed by atoms with Gasteiger partial charge in [0.25, 0.3) is 0 Å². The van der Waals surface area contributed by atoms with E-state index in [0.717, 1.165) is 23.7 Å². The Balaban J connectivity index is 1.71. The highest BCUT2D eigenvalue weighted by atomic mass is 14.8. The molecule has 1 aromatic rings. The Morgan fingerprint density at radius 1 is 1.11 bits per heavy atom. The maximum atomic E-state index is 6.87. The lowest BCUT2D eigenvalue weighted by Crippen LogP contribution is -2.46. The number of hydrogen-bond donors (Lipinski definition) is 1. The predicted molar refractivity (Wildman–Crippen MR) is 74.1 cm³/mol. The van der Waals surface area contributed by atoms with Gasteiger partial charge in [-0.2, -0.15) is 0 Å². The molecular weight excluding hydrogens is 218 g/mol. The normalized spacial score (nSPS) is 45.4. The van der Waals surface area contributed by atoms with Crippen molar-refractivity contribution in [2.45, 2.75) is 44.6 Å². The van der Waals surface area contributed by atoms with Gasteiger partial charge in [-0.15, -0.1) is 0 Å². The highest BCUT2D eigenvalue weighted by Gasteiger charge is 2.59. The average molecular weight is 241 g/mol. The average Bonchev–Trinajstić information content (AvgIpc) is 3.00. The number of hydrogen-bond acceptors (Lipinski definition) is 1. The first-order chi connectivity index (χ1) is 8.68. The number of nitrogens with two attached hydrogens (primary N) is 1. The van der Waals surface area contributed by atoms with Crippen LogP contribution in [-0.4, -0.2) is 0 Å². The maximum absolute atomic E-state index is 6.87. The van der Waals surface area contributed by atoms with Crippen LogP contribution in [0.2, 0.25) is 0 Å². The van der Waals surface area contributed by atoms with Crippen molar-refractivity contribution >= 4 is 0 Å². The maximum Gasteiger partial charge on any atom is 0.0443 e. The standard InChI is InChI=1S/C17H23N/c1-11-5-7-13(8-6-11)17(18)10-12-9-16(17)15-4-2-3-14(12)15/h5-8,12,14-16H,2-4,9-10,18H2,1H3. The van der Waals surface area contributed by atoms with Crippen LogP contribution in [0.25, 0.3) is 0 Å². The molecule has 0 heterocycles. The van der Waals surface area contributed by atoms with Crippen molar-refractivity contribution in [3.8, 4) is 0 Å². The van der Waals surface area contributed by atoms with Gasteiger partial charge in [0, 0.05) is 5.54 Å². The number of benzene rings is 1. The van der Waals surface area contributed by atoms with Gasteiger partial charge in [-0.3, -0.25) is 0 Å². The fourth-order valence-electron chi connectivity index (χ4n) is 5.39. The van der Waals surface area contributed by atoms with E-state index in [1.165, 1.54) is 43.2 Å². The highest BCUT2D eigenvalue weighted by Crippen LogP contribution is 2.64. The molecule has 1 nitrogen and oxygen atoms in total. The number of rotatable bonds is 1. The third-order valence-electron chi connectivity index (χ3n) is 6.15. The van der Waals surface area contributed by atoms with Gasteiger partial charge in [0.1, 0.15) is 0 Å². The van der Waals surface area contributed by atoms with Crippen LogP contribution in [0.4, 0.5) is 0 Å². The Morgan fingerprint density at radius 3 is 2.61 bits per heavy atom. The van der Waals surface area contributed by atoms with E-state index in [4.69, 9.17) is 5.73 Å². The monoisotopic (exact) mass is 241 g/mol. The zero-order valence-electron chi connectivity index (χ0n) is 11.2. The van der Waals surface area contributed by atoms with E-state index in [1.54, 1.807) is 0 Å². The molecule has 0 aliphatic heterocycles. The van der Waals surface area contributed by atoms with E-state index < -0.39 is 0 Å². The second kappa shape index (κ2) is 3.60. The van der Waals surface area contributed by atoms with E-state index >= 15 is 0 Å². The van der Waals surface area contributed by atoms with Crippen LogP contribution >= 0.6 is 0 Å². The number of aryl methyl sites for hydroxylation is 1. The zero-order valence-corrected chi connectivity index (χ0v) is 11.2. The van der Waals surface area contributed by atoms with Gasteiger partial charge < -0.3 is 5.73 Å². The summed E-state index contributed by atoms with van der Waals surface area (Å²) in [6, 6.07) is 9.00. The molecule has 0 radical (unpaired) electrons. The summed E-state index contributed by atoms with van der Waals surface area (Å²) in [6.45, 7) is 2.15. The molecule has 0 amide bonds. The van der Waals surface area contributed by atoms with Crippen LogP contribution in [0.5, 0.6) is 0 Å². The van der Waals surface area contributed by atoms with Gasteiger partial charge in [0.15, 0.2) is 0 Å². The summed E-state index contributed by atoms with van der Waals surface area (Å²) in [5, 5.41) is 0. The van der Waals surface area contributed by atoms with Crippen LogP contribution in [0.1, 0.15) is 43.2 Å². The Morgan fingerprint density at radius 2 is 1.83 bits per heavy atom. The van der Waals surface area contributed by atoms with Crippen LogP contribution in [0, 0.1) is 30.6 Å². The molecule has 0 spiro atoms. The second-order valence-electron chi connectivity index (χ2n) is 6.97. The summed E-state index contributed by atoms with van der Waals surface area (Å²) in [4.78, 5) is 0. The summed E-state index contributed by atoms with van der Waals surface area (Å²) in [7, 11) is 0. The molecule has 18 heavy (non-hydrogen) atoms. The Bertz CT molecular complexity index is 463. The minimum Gasteiger partial charge on any atom is -0.321 e. The molecule has 3 fully saturated rings. The summed E-state index contributed by atoms with van der Waals surface area (Å²) in [5.74, 6) is 3.65. The summed E-state index contributed by atoms with van der Waals surface area (Å²) >= 11 is 0. The molecular formula is C17H23N. The van der Waals surface area contributed by atoms with E-state index in [1.807, 2.05) is 0 Å². The van der Waals surface area contributed by atoms with Crippen molar-refractivity contribution in [2.75, 3.05) is 0 Å². The fraction of sp³-hybridized carbons (Fsp3) is 0.647. The molecule has 5 unspecified atom stereocenters. The molecule has 1 aromatic carbocycles. The fourth-order valence-corrected chi connectivity index (χ4v) is 5.39. The van der Waals surface area contributed by atoms with Crippen molar-refractivity contribution in [3.63, 3.8) is 0 Å². The van der Waals surface area contributed by atoms with Gasteiger partial charge in [0.05, 0.1) is 0 Å². The van der Waals surface area contributed by atoms with Crippen molar-refractivity contribution in [2.24, 2.45) is 29.4 Å². The second-order valence-corrected chi connectivity index (χ2v) is 6.97. The molecule has 2 N–H and O–H groups in total. The largest absolute Gasteiger partial charge is 0.321 e. The third kappa shape index (κ3) is 1.31. The highest BCUT2D eigenvalue weighted by molar-refractivity contribution is 5.32. The van der Waals surface area contributed by atoms with Crippen LogP contribution in [0.3, 0.4) is 0 Å². The molecule has 5 atom stereocenters. The first-order valence-corrected chi connectivity index (χ1v) is 7.54. The first kappa shape index (κ1) is 11.0. The predicted octanol–water partition coefficient (Wildman–Crippen LogP) is 3.61. The topological polar surface area (TPSA) is 26.0 Å². The van der Waals surface area contributed by atoms with Crippen LogP contribution in [0.15, 0.2) is 24.3 Å². The van der Waals surface area contributed by atoms with Crippen molar-refractivity contribution in [1.29, 1.82) is 0 Å². The summed E-state index contributed by atoms with van der Waals surface area (Å²) in [6.07, 6.45) is 7.01. The smallest absolute Gasteiger partial charge is 0.0443 e. The van der Waals surface area contributed by atoms with Gasteiger partial charge in [0.2, 0.25) is 0 Å². The molecule has 0 aromatic heterocycles. The van der Waals surface area contributed by atoms with E-state index in [2.05, 4.69) is 31.2 Å². The molecule has 96 valence electrons. The Kier molecular flexibility index (Phi) is 2.21. The SMILES string of the molecule is Cc1ccc(C2(N)CC3CC2C2CCCC32)cc1. The van der Waals surface area contributed by atoms with Crippen LogP contribution in [-0.2, 0) is 5.54 Å².